The molecule has 1 atom stereocenters. The first-order chi connectivity index (χ1) is 8.45. The van der Waals surface area contributed by atoms with E-state index in [4.69, 9.17) is 9.84 Å². The van der Waals surface area contributed by atoms with Crippen LogP contribution >= 0.6 is 0 Å². The molecule has 6 heteroatoms. The zero-order valence-corrected chi connectivity index (χ0v) is 10.3. The third kappa shape index (κ3) is 4.42. The van der Waals surface area contributed by atoms with Crippen LogP contribution in [0.15, 0.2) is 30.3 Å². The lowest BCUT2D eigenvalue weighted by molar-refractivity contribution is -0.135. The molecule has 0 saturated heterocycles. The smallest absolute Gasteiger partial charge is 0.260 e. The number of amides is 2. The molecule has 6 nitrogen and oxygen atoms in total. The van der Waals surface area contributed by atoms with Crippen molar-refractivity contribution in [3.63, 3.8) is 0 Å². The minimum Gasteiger partial charge on any atom is -0.450 e. The van der Waals surface area contributed by atoms with Crippen LogP contribution < -0.4 is 15.4 Å². The number of carbonyl (C=O) groups is 2. The van der Waals surface area contributed by atoms with Gasteiger partial charge < -0.3 is 15.2 Å². The summed E-state index contributed by atoms with van der Waals surface area (Å²) in [7, 11) is 0. The molecule has 0 saturated carbocycles. The van der Waals surface area contributed by atoms with Crippen LogP contribution in [0.1, 0.15) is 13.8 Å². The Balaban J connectivity index is 2.83. The van der Waals surface area contributed by atoms with Gasteiger partial charge in [-0.25, -0.2) is 0 Å². The van der Waals surface area contributed by atoms with Gasteiger partial charge in [0.15, 0.2) is 0 Å². The van der Waals surface area contributed by atoms with Crippen LogP contribution in [-0.4, -0.2) is 29.4 Å². The highest BCUT2D eigenvalue weighted by atomic mass is 16.5. The maximum absolute atomic E-state index is 11.2. The molecule has 2 amide bonds. The number of carbonyl (C=O) groups excluding carboxylic acids is 2. The van der Waals surface area contributed by atoms with E-state index in [0.29, 0.717) is 5.75 Å². The zero-order valence-electron chi connectivity index (χ0n) is 10.3. The average molecular weight is 252 g/mol. The average Bonchev–Trinajstić information content (AvgIpc) is 2.28. The number of rotatable bonds is 5. The largest absolute Gasteiger partial charge is 0.450 e. The summed E-state index contributed by atoms with van der Waals surface area (Å²) in [6.45, 7) is 2.10. The first-order valence-electron chi connectivity index (χ1n) is 5.40. The van der Waals surface area contributed by atoms with E-state index in [2.05, 4.69) is 10.6 Å². The molecular weight excluding hydrogens is 236 g/mol. The van der Waals surface area contributed by atoms with Crippen LogP contribution in [0.25, 0.3) is 0 Å². The highest BCUT2D eigenvalue weighted by molar-refractivity contribution is 5.79. The summed E-state index contributed by atoms with van der Waals surface area (Å²) in [5, 5.41) is 13.6. The van der Waals surface area contributed by atoms with Crippen molar-refractivity contribution in [3.8, 4) is 5.75 Å². The second-order valence-electron chi connectivity index (χ2n) is 3.84. The van der Waals surface area contributed by atoms with Crippen molar-refractivity contribution in [1.29, 1.82) is 0 Å². The third-order valence-corrected chi connectivity index (χ3v) is 2.00. The molecule has 0 radical (unpaired) electrons. The van der Waals surface area contributed by atoms with Gasteiger partial charge in [0, 0.05) is 13.8 Å². The zero-order chi connectivity index (χ0) is 13.6. The fourth-order valence-electron chi connectivity index (χ4n) is 1.45. The lowest BCUT2D eigenvalue weighted by Crippen LogP contribution is -2.62. The number of hydrogen-bond donors (Lipinski definition) is 3. The predicted molar refractivity (Wildman–Crippen MR) is 64.5 cm³/mol. The van der Waals surface area contributed by atoms with Gasteiger partial charge in [-0.05, 0) is 12.1 Å². The monoisotopic (exact) mass is 252 g/mol. The molecule has 3 N–H and O–H groups in total. The molecule has 1 aromatic rings. The van der Waals surface area contributed by atoms with Crippen LogP contribution in [0.2, 0.25) is 0 Å². The van der Waals surface area contributed by atoms with Crippen molar-refractivity contribution in [1.82, 2.24) is 10.6 Å². The van der Waals surface area contributed by atoms with Crippen molar-refractivity contribution in [2.75, 3.05) is 6.61 Å². The number of aliphatic hydroxyl groups excluding tert-OH is 1. The van der Waals surface area contributed by atoms with E-state index in [1.165, 1.54) is 13.8 Å². The van der Waals surface area contributed by atoms with Crippen LogP contribution in [0, 0.1) is 0 Å². The van der Waals surface area contributed by atoms with Crippen LogP contribution in [0.3, 0.4) is 0 Å². The summed E-state index contributed by atoms with van der Waals surface area (Å²) in [6, 6.07) is 8.71. The predicted octanol–water partition coefficient (Wildman–Crippen LogP) is -0.0163. The van der Waals surface area contributed by atoms with Gasteiger partial charge >= 0.3 is 0 Å². The van der Waals surface area contributed by atoms with Crippen molar-refractivity contribution >= 4 is 11.8 Å². The van der Waals surface area contributed by atoms with E-state index in [1.54, 1.807) is 24.3 Å². The Kier molecular flexibility index (Phi) is 4.67. The van der Waals surface area contributed by atoms with E-state index >= 15 is 0 Å². The molecule has 0 heterocycles. The Morgan fingerprint density at radius 2 is 1.89 bits per heavy atom. The molecule has 1 rings (SSSR count). The number of nitrogens with one attached hydrogen (secondary N) is 2. The molecule has 1 unspecified atom stereocenters. The van der Waals surface area contributed by atoms with Crippen molar-refractivity contribution in [3.05, 3.63) is 30.3 Å². The summed E-state index contributed by atoms with van der Waals surface area (Å²) in [6.07, 6.45) is 0. The van der Waals surface area contributed by atoms with E-state index in [1.807, 2.05) is 6.07 Å². The second-order valence-corrected chi connectivity index (χ2v) is 3.84. The minimum absolute atomic E-state index is 0.369. The molecule has 0 spiro atoms. The number of aliphatic hydroxyl groups is 1. The quantitative estimate of drug-likeness (QED) is 0.643. The van der Waals surface area contributed by atoms with Gasteiger partial charge in [0.05, 0.1) is 0 Å². The Morgan fingerprint density at radius 3 is 2.39 bits per heavy atom. The van der Waals surface area contributed by atoms with Gasteiger partial charge in [0.2, 0.25) is 11.8 Å². The molecule has 98 valence electrons. The first kappa shape index (κ1) is 14.0. The van der Waals surface area contributed by atoms with Gasteiger partial charge in [-0.3, -0.25) is 14.9 Å². The molecular formula is C12H16N2O4. The molecule has 0 aliphatic heterocycles. The molecule has 18 heavy (non-hydrogen) atoms. The number of ether oxygens (including phenoxy) is 1. The standard InChI is InChI=1S/C12H16N2O4/c1-9(16)13-12(2,14-11(17)8-15)18-10-6-4-3-5-7-10/h3-7,15H,8H2,1-2H3,(H,13,16)(H,14,17). The Bertz CT molecular complexity index is 421. The van der Waals surface area contributed by atoms with E-state index < -0.39 is 18.4 Å². The number of para-hydroxylation sites is 1. The fourth-order valence-corrected chi connectivity index (χ4v) is 1.45. The first-order valence-corrected chi connectivity index (χ1v) is 5.40. The summed E-state index contributed by atoms with van der Waals surface area (Å²) >= 11 is 0. The topological polar surface area (TPSA) is 87.7 Å². The summed E-state index contributed by atoms with van der Waals surface area (Å²) in [4.78, 5) is 22.3. The maximum Gasteiger partial charge on any atom is 0.260 e. The third-order valence-electron chi connectivity index (χ3n) is 2.00. The highest BCUT2D eigenvalue weighted by Gasteiger charge is 2.29. The van der Waals surface area contributed by atoms with Gasteiger partial charge in [-0.1, -0.05) is 18.2 Å². The molecule has 0 aromatic heterocycles. The minimum atomic E-state index is -1.41. The summed E-state index contributed by atoms with van der Waals surface area (Å²) in [5.74, 6) is -1.95. The van der Waals surface area contributed by atoms with Crippen LogP contribution in [-0.2, 0) is 9.59 Å². The van der Waals surface area contributed by atoms with Gasteiger partial charge in [0.1, 0.15) is 12.4 Å². The second kappa shape index (κ2) is 6.02. The molecule has 0 bridgehead atoms. The maximum atomic E-state index is 11.2. The van der Waals surface area contributed by atoms with Crippen LogP contribution in [0.5, 0.6) is 5.75 Å². The van der Waals surface area contributed by atoms with Gasteiger partial charge in [-0.2, -0.15) is 0 Å². The molecule has 0 fully saturated rings. The van der Waals surface area contributed by atoms with Crippen LogP contribution in [0.4, 0.5) is 0 Å². The summed E-state index contributed by atoms with van der Waals surface area (Å²) < 4.78 is 5.51. The molecule has 0 aliphatic carbocycles. The SMILES string of the molecule is CC(=O)NC(C)(NC(=O)CO)Oc1ccccc1. The van der Waals surface area contributed by atoms with Gasteiger partial charge in [0.25, 0.3) is 5.85 Å². The number of hydrogen-bond acceptors (Lipinski definition) is 4. The summed E-state index contributed by atoms with van der Waals surface area (Å²) in [5.41, 5.74) is 0. The van der Waals surface area contributed by atoms with E-state index in [-0.39, 0.29) is 5.91 Å². The Labute approximate surface area is 105 Å². The van der Waals surface area contributed by atoms with E-state index in [0.717, 1.165) is 0 Å². The Morgan fingerprint density at radius 1 is 1.28 bits per heavy atom. The molecule has 1 aromatic carbocycles. The van der Waals surface area contributed by atoms with E-state index in [9.17, 15) is 9.59 Å². The highest BCUT2D eigenvalue weighted by Crippen LogP contribution is 2.14. The lowest BCUT2D eigenvalue weighted by atomic mass is 10.3. The van der Waals surface area contributed by atoms with Crippen molar-refractivity contribution < 1.29 is 19.4 Å². The fraction of sp³-hybridized carbons (Fsp3) is 0.333. The van der Waals surface area contributed by atoms with Crippen molar-refractivity contribution in [2.45, 2.75) is 19.7 Å². The van der Waals surface area contributed by atoms with Crippen molar-refractivity contribution in [2.24, 2.45) is 0 Å². The van der Waals surface area contributed by atoms with Gasteiger partial charge in [-0.15, -0.1) is 0 Å². The lowest BCUT2D eigenvalue weighted by Gasteiger charge is -2.31. The normalized spacial score (nSPS) is 13.3. The molecule has 0 aliphatic rings. The Hall–Kier alpha value is -2.08. The number of benzene rings is 1.